The zero-order valence-corrected chi connectivity index (χ0v) is 18.4. The van der Waals surface area contributed by atoms with Crippen molar-refractivity contribution in [2.24, 2.45) is 5.92 Å². The van der Waals surface area contributed by atoms with E-state index in [1.807, 2.05) is 41.3 Å². The number of rotatable bonds is 3. The summed E-state index contributed by atoms with van der Waals surface area (Å²) in [7, 11) is 0. The largest absolute Gasteiger partial charge is 0.454 e. The molecule has 3 heterocycles. The second-order valence-corrected chi connectivity index (χ2v) is 8.89. The van der Waals surface area contributed by atoms with E-state index in [1.54, 1.807) is 18.2 Å². The van der Waals surface area contributed by atoms with Crippen molar-refractivity contribution in [3.63, 3.8) is 0 Å². The molecule has 34 heavy (non-hydrogen) atoms. The summed E-state index contributed by atoms with van der Waals surface area (Å²) < 4.78 is 10.9. The number of carbonyl (C=O) groups excluding carboxylic acids is 1. The van der Waals surface area contributed by atoms with Gasteiger partial charge in [-0.2, -0.15) is 5.26 Å². The third-order valence-electron chi connectivity index (χ3n) is 7.10. The lowest BCUT2D eigenvalue weighted by atomic mass is 9.82. The summed E-state index contributed by atoms with van der Waals surface area (Å²) in [5, 5.41) is 22.7. The number of carbonyl (C=O) groups is 1. The number of amides is 1. The summed E-state index contributed by atoms with van der Waals surface area (Å²) in [6.45, 7) is 0.780. The molecule has 0 aromatic heterocycles. The van der Waals surface area contributed by atoms with Crippen LogP contribution >= 0.6 is 0 Å². The molecule has 0 bridgehead atoms. The standard InChI is InChI=1S/C27H23N3O4/c28-13-16-1-3-17(4-2-16)18-5-7-22-21(11-18)26-20(23(14-31)29-22)9-10-30(26)27(32)19-6-8-24-25(12-19)34-15-33-24/h1-8,11-12,20,23,26,29,31H,9-10,14-15H2/t20-,23-,26-/m1/s1. The maximum absolute atomic E-state index is 13.6. The van der Waals surface area contributed by atoms with Crippen molar-refractivity contribution >= 4 is 11.6 Å². The molecule has 3 aromatic rings. The molecule has 3 aliphatic rings. The molecular formula is C27H23N3O4. The minimum atomic E-state index is -0.148. The normalized spacial score (nSPS) is 21.9. The molecule has 7 heteroatoms. The molecule has 1 amide bonds. The van der Waals surface area contributed by atoms with Gasteiger partial charge in [-0.15, -0.1) is 0 Å². The van der Waals surface area contributed by atoms with Crippen LogP contribution in [0.2, 0.25) is 0 Å². The van der Waals surface area contributed by atoms with Crippen LogP contribution < -0.4 is 14.8 Å². The summed E-state index contributed by atoms with van der Waals surface area (Å²) in [4.78, 5) is 15.6. The van der Waals surface area contributed by atoms with E-state index >= 15 is 0 Å². The molecular weight excluding hydrogens is 430 g/mol. The maximum Gasteiger partial charge on any atom is 0.254 e. The van der Waals surface area contributed by atoms with E-state index in [1.165, 1.54) is 0 Å². The lowest BCUT2D eigenvalue weighted by Gasteiger charge is -2.39. The van der Waals surface area contributed by atoms with Crippen molar-refractivity contribution in [2.75, 3.05) is 25.3 Å². The van der Waals surface area contributed by atoms with Crippen LogP contribution in [0.25, 0.3) is 11.1 Å². The van der Waals surface area contributed by atoms with Crippen LogP contribution in [0.1, 0.15) is 33.9 Å². The Balaban J connectivity index is 1.39. The Kier molecular flexibility index (Phi) is 4.89. The highest BCUT2D eigenvalue weighted by Gasteiger charge is 2.46. The molecule has 1 saturated heterocycles. The molecule has 7 nitrogen and oxygen atoms in total. The smallest absolute Gasteiger partial charge is 0.254 e. The topological polar surface area (TPSA) is 94.8 Å². The van der Waals surface area contributed by atoms with Gasteiger partial charge >= 0.3 is 0 Å². The summed E-state index contributed by atoms with van der Waals surface area (Å²) >= 11 is 0. The number of fused-ring (bicyclic) bond motifs is 4. The van der Waals surface area contributed by atoms with Gasteiger partial charge in [-0.05, 0) is 65.6 Å². The van der Waals surface area contributed by atoms with Gasteiger partial charge in [0.25, 0.3) is 5.91 Å². The number of aliphatic hydroxyl groups excluding tert-OH is 1. The summed E-state index contributed by atoms with van der Waals surface area (Å²) in [6.07, 6.45) is 0.805. The summed E-state index contributed by atoms with van der Waals surface area (Å²) in [5.74, 6) is 1.28. The van der Waals surface area contributed by atoms with Gasteiger partial charge in [-0.25, -0.2) is 0 Å². The lowest BCUT2D eigenvalue weighted by molar-refractivity contribution is 0.0700. The number of aliphatic hydroxyl groups is 1. The summed E-state index contributed by atoms with van der Waals surface area (Å²) in [6, 6.07) is 20.9. The molecule has 2 N–H and O–H groups in total. The van der Waals surface area contributed by atoms with Crippen molar-refractivity contribution in [1.82, 2.24) is 4.90 Å². The van der Waals surface area contributed by atoms with Crippen molar-refractivity contribution in [2.45, 2.75) is 18.5 Å². The van der Waals surface area contributed by atoms with Crippen LogP contribution in [-0.4, -0.2) is 41.9 Å². The van der Waals surface area contributed by atoms with E-state index < -0.39 is 0 Å². The Morgan fingerprint density at radius 2 is 1.85 bits per heavy atom. The first-order valence-electron chi connectivity index (χ1n) is 11.4. The van der Waals surface area contributed by atoms with Gasteiger partial charge in [0.15, 0.2) is 11.5 Å². The van der Waals surface area contributed by atoms with Crippen molar-refractivity contribution in [3.05, 3.63) is 77.4 Å². The number of nitrogens with one attached hydrogen (secondary N) is 1. The molecule has 1 fully saturated rings. The van der Waals surface area contributed by atoms with E-state index in [4.69, 9.17) is 14.7 Å². The second kappa shape index (κ2) is 8.08. The van der Waals surface area contributed by atoms with E-state index in [-0.39, 0.29) is 37.3 Å². The fourth-order valence-corrected chi connectivity index (χ4v) is 5.40. The van der Waals surface area contributed by atoms with Crippen LogP contribution in [-0.2, 0) is 0 Å². The third-order valence-corrected chi connectivity index (χ3v) is 7.10. The van der Waals surface area contributed by atoms with Crippen molar-refractivity contribution in [1.29, 1.82) is 5.26 Å². The molecule has 0 radical (unpaired) electrons. The molecule has 3 aromatic carbocycles. The fourth-order valence-electron chi connectivity index (χ4n) is 5.40. The highest BCUT2D eigenvalue weighted by atomic mass is 16.7. The molecule has 0 unspecified atom stereocenters. The quantitative estimate of drug-likeness (QED) is 0.624. The first kappa shape index (κ1) is 20.6. The van der Waals surface area contributed by atoms with Crippen molar-refractivity contribution < 1.29 is 19.4 Å². The summed E-state index contributed by atoms with van der Waals surface area (Å²) in [5.41, 5.74) is 5.19. The van der Waals surface area contributed by atoms with E-state index in [0.717, 1.165) is 28.8 Å². The number of hydrogen-bond donors (Lipinski definition) is 2. The van der Waals surface area contributed by atoms with Gasteiger partial charge in [-0.1, -0.05) is 18.2 Å². The van der Waals surface area contributed by atoms with Gasteiger partial charge in [-0.3, -0.25) is 4.79 Å². The third kappa shape index (κ3) is 3.27. The highest BCUT2D eigenvalue weighted by molar-refractivity contribution is 5.95. The Hall–Kier alpha value is -4.02. The molecule has 6 rings (SSSR count). The average molecular weight is 453 g/mol. The molecule has 3 aliphatic heterocycles. The van der Waals surface area contributed by atoms with Gasteiger partial charge in [0.1, 0.15) is 0 Å². The first-order valence-corrected chi connectivity index (χ1v) is 11.4. The Labute approximate surface area is 197 Å². The van der Waals surface area contributed by atoms with Gasteiger partial charge in [0, 0.05) is 23.7 Å². The number of ether oxygens (including phenoxy) is 2. The Morgan fingerprint density at radius 3 is 2.65 bits per heavy atom. The lowest BCUT2D eigenvalue weighted by Crippen LogP contribution is -2.42. The number of anilines is 1. The fraction of sp³-hybridized carbons (Fsp3) is 0.259. The number of likely N-dealkylation sites (tertiary alicyclic amines) is 1. The zero-order chi connectivity index (χ0) is 23.2. The molecule has 0 spiro atoms. The number of hydrogen-bond acceptors (Lipinski definition) is 6. The maximum atomic E-state index is 13.6. The van der Waals surface area contributed by atoms with Gasteiger partial charge in [0.05, 0.1) is 30.3 Å². The zero-order valence-electron chi connectivity index (χ0n) is 18.4. The minimum absolute atomic E-state index is 0.00400. The predicted molar refractivity (Wildman–Crippen MR) is 126 cm³/mol. The first-order chi connectivity index (χ1) is 16.7. The predicted octanol–water partition coefficient (Wildman–Crippen LogP) is 3.94. The Bertz CT molecular complexity index is 1310. The molecule has 170 valence electrons. The monoisotopic (exact) mass is 453 g/mol. The van der Waals surface area contributed by atoms with Crippen LogP contribution in [0.5, 0.6) is 11.5 Å². The number of nitrogens with zero attached hydrogens (tertiary/aromatic N) is 2. The van der Waals surface area contributed by atoms with Crippen LogP contribution in [0.3, 0.4) is 0 Å². The van der Waals surface area contributed by atoms with E-state index in [0.29, 0.717) is 29.2 Å². The molecule has 0 saturated carbocycles. The SMILES string of the molecule is N#Cc1ccc(-c2ccc3c(c2)[C@H]2[C@H](CCN2C(=O)c2ccc4c(c2)OCO4)[C@@H](CO)N3)cc1. The Morgan fingerprint density at radius 1 is 1.06 bits per heavy atom. The highest BCUT2D eigenvalue weighted by Crippen LogP contribution is 2.48. The van der Waals surface area contributed by atoms with Gasteiger partial charge < -0.3 is 24.8 Å². The average Bonchev–Trinajstić information content (AvgIpc) is 3.55. The molecule has 3 atom stereocenters. The number of nitriles is 1. The van der Waals surface area contributed by atoms with Crippen molar-refractivity contribution in [3.8, 4) is 28.7 Å². The minimum Gasteiger partial charge on any atom is -0.454 e. The van der Waals surface area contributed by atoms with E-state index in [9.17, 15) is 9.90 Å². The van der Waals surface area contributed by atoms with Gasteiger partial charge in [0.2, 0.25) is 6.79 Å². The second-order valence-electron chi connectivity index (χ2n) is 8.89. The molecule has 0 aliphatic carbocycles. The van der Waals surface area contributed by atoms with Crippen LogP contribution in [0, 0.1) is 17.2 Å². The number of benzene rings is 3. The van der Waals surface area contributed by atoms with Crippen LogP contribution in [0.4, 0.5) is 5.69 Å². The van der Waals surface area contributed by atoms with E-state index in [2.05, 4.69) is 17.5 Å². The van der Waals surface area contributed by atoms with Crippen LogP contribution in [0.15, 0.2) is 60.7 Å².